The summed E-state index contributed by atoms with van der Waals surface area (Å²) in [7, 11) is 0. The van der Waals surface area contributed by atoms with Crippen LogP contribution < -0.4 is 4.90 Å². The number of anilines is 1. The quantitative estimate of drug-likeness (QED) is 0.755. The van der Waals surface area contributed by atoms with Gasteiger partial charge >= 0.3 is 0 Å². The summed E-state index contributed by atoms with van der Waals surface area (Å²) in [5, 5.41) is 9.79. The molecule has 1 heterocycles. The minimum atomic E-state index is 0.0342. The Kier molecular flexibility index (Phi) is 3.31. The van der Waals surface area contributed by atoms with Gasteiger partial charge in [0.15, 0.2) is 0 Å². The average molecular weight is 249 g/mol. The minimum absolute atomic E-state index is 0.0342. The summed E-state index contributed by atoms with van der Waals surface area (Å²) < 4.78 is 0. The fraction of sp³-hybridized carbons (Fsp3) is 0.500. The molecule has 1 aliphatic rings. The molecule has 17 heavy (non-hydrogen) atoms. The van der Waals surface area contributed by atoms with E-state index in [1.165, 1.54) is 5.69 Å². The van der Waals surface area contributed by atoms with Crippen LogP contribution in [-0.4, -0.2) is 12.1 Å². The van der Waals surface area contributed by atoms with Crippen LogP contribution in [0, 0.1) is 17.2 Å². The standard InChI is InChI=1S/C14H17ClN2/c1-14(2)9-11(10-16)7-8-17(14)13-5-3-12(15)4-6-13/h3-6,11H,7-9H2,1-2H3. The van der Waals surface area contributed by atoms with Crippen molar-refractivity contribution in [2.75, 3.05) is 11.4 Å². The van der Waals surface area contributed by atoms with E-state index in [1.807, 2.05) is 12.1 Å². The van der Waals surface area contributed by atoms with Crippen molar-refractivity contribution in [3.05, 3.63) is 29.3 Å². The van der Waals surface area contributed by atoms with Gasteiger partial charge in [0, 0.05) is 22.8 Å². The molecule has 2 rings (SSSR count). The summed E-state index contributed by atoms with van der Waals surface area (Å²) >= 11 is 5.91. The topological polar surface area (TPSA) is 27.0 Å². The van der Waals surface area contributed by atoms with Gasteiger partial charge in [-0.25, -0.2) is 0 Å². The number of piperidine rings is 1. The van der Waals surface area contributed by atoms with Crippen molar-refractivity contribution in [3.8, 4) is 6.07 Å². The van der Waals surface area contributed by atoms with Crippen molar-refractivity contribution in [1.29, 1.82) is 5.26 Å². The number of halogens is 1. The Hall–Kier alpha value is -1.20. The number of hydrogen-bond donors (Lipinski definition) is 0. The summed E-state index contributed by atoms with van der Waals surface area (Å²) in [5.74, 6) is 0.188. The largest absolute Gasteiger partial charge is 0.366 e. The molecule has 1 saturated heterocycles. The smallest absolute Gasteiger partial charge is 0.0657 e. The molecule has 3 heteroatoms. The summed E-state index contributed by atoms with van der Waals surface area (Å²) in [6.45, 7) is 5.34. The van der Waals surface area contributed by atoms with Crippen LogP contribution in [-0.2, 0) is 0 Å². The Labute approximate surface area is 108 Å². The third kappa shape index (κ3) is 2.56. The Morgan fingerprint density at radius 2 is 2.00 bits per heavy atom. The van der Waals surface area contributed by atoms with E-state index < -0.39 is 0 Å². The van der Waals surface area contributed by atoms with E-state index in [4.69, 9.17) is 16.9 Å². The molecule has 1 aromatic carbocycles. The van der Waals surface area contributed by atoms with Crippen LogP contribution in [0.15, 0.2) is 24.3 Å². The Morgan fingerprint density at radius 1 is 1.35 bits per heavy atom. The molecule has 0 amide bonds. The predicted molar refractivity (Wildman–Crippen MR) is 71.2 cm³/mol. The van der Waals surface area contributed by atoms with Crippen molar-refractivity contribution in [2.24, 2.45) is 5.92 Å². The van der Waals surface area contributed by atoms with Crippen LogP contribution in [0.4, 0.5) is 5.69 Å². The summed E-state index contributed by atoms with van der Waals surface area (Å²) in [6, 6.07) is 10.3. The number of nitrogens with zero attached hydrogens (tertiary/aromatic N) is 2. The van der Waals surface area contributed by atoms with Gasteiger partial charge in [-0.3, -0.25) is 0 Å². The Bertz CT molecular complexity index is 431. The lowest BCUT2D eigenvalue weighted by molar-refractivity contribution is 0.315. The number of nitriles is 1. The van der Waals surface area contributed by atoms with E-state index in [0.717, 1.165) is 24.4 Å². The SMILES string of the molecule is CC1(C)CC(C#N)CCN1c1ccc(Cl)cc1. The molecule has 0 aromatic heterocycles. The highest BCUT2D eigenvalue weighted by Crippen LogP contribution is 2.35. The van der Waals surface area contributed by atoms with Gasteiger partial charge < -0.3 is 4.90 Å². The van der Waals surface area contributed by atoms with E-state index >= 15 is 0 Å². The van der Waals surface area contributed by atoms with Crippen molar-refractivity contribution < 1.29 is 0 Å². The second-order valence-corrected chi connectivity index (χ2v) is 5.70. The van der Waals surface area contributed by atoms with Gasteiger partial charge in [0.2, 0.25) is 0 Å². The first-order valence-electron chi connectivity index (χ1n) is 5.96. The monoisotopic (exact) mass is 248 g/mol. The Morgan fingerprint density at radius 3 is 2.53 bits per heavy atom. The first-order chi connectivity index (χ1) is 8.03. The molecule has 0 radical (unpaired) electrons. The normalized spacial score (nSPS) is 23.2. The third-order valence-electron chi connectivity index (χ3n) is 3.50. The zero-order valence-electron chi connectivity index (χ0n) is 10.3. The van der Waals surface area contributed by atoms with Gasteiger partial charge in [-0.05, 0) is 51.0 Å². The maximum absolute atomic E-state index is 9.03. The van der Waals surface area contributed by atoms with Crippen LogP contribution in [0.5, 0.6) is 0 Å². The molecular formula is C14H17ClN2. The first kappa shape index (κ1) is 12.3. The molecule has 90 valence electrons. The minimum Gasteiger partial charge on any atom is -0.366 e. The number of hydrogen-bond acceptors (Lipinski definition) is 2. The Balaban J connectivity index is 2.22. The zero-order valence-corrected chi connectivity index (χ0v) is 11.0. The fourth-order valence-corrected chi connectivity index (χ4v) is 2.74. The molecule has 0 N–H and O–H groups in total. The fourth-order valence-electron chi connectivity index (χ4n) is 2.61. The van der Waals surface area contributed by atoms with Crippen LogP contribution in [0.2, 0.25) is 5.02 Å². The number of rotatable bonds is 1. The van der Waals surface area contributed by atoms with E-state index in [1.54, 1.807) is 0 Å². The molecular weight excluding hydrogens is 232 g/mol. The molecule has 1 atom stereocenters. The van der Waals surface area contributed by atoms with Crippen LogP contribution in [0.25, 0.3) is 0 Å². The van der Waals surface area contributed by atoms with Gasteiger partial charge in [0.1, 0.15) is 0 Å². The summed E-state index contributed by atoms with van der Waals surface area (Å²) in [6.07, 6.45) is 1.87. The third-order valence-corrected chi connectivity index (χ3v) is 3.75. The van der Waals surface area contributed by atoms with Crippen molar-refractivity contribution in [1.82, 2.24) is 0 Å². The molecule has 0 aliphatic carbocycles. The van der Waals surface area contributed by atoms with Gasteiger partial charge in [-0.15, -0.1) is 0 Å². The van der Waals surface area contributed by atoms with E-state index in [9.17, 15) is 0 Å². The maximum Gasteiger partial charge on any atom is 0.0657 e. The van der Waals surface area contributed by atoms with Crippen LogP contribution >= 0.6 is 11.6 Å². The molecule has 1 fully saturated rings. The van der Waals surface area contributed by atoms with Crippen molar-refractivity contribution in [3.63, 3.8) is 0 Å². The van der Waals surface area contributed by atoms with Crippen LogP contribution in [0.3, 0.4) is 0 Å². The highest BCUT2D eigenvalue weighted by atomic mass is 35.5. The highest BCUT2D eigenvalue weighted by Gasteiger charge is 2.34. The molecule has 0 spiro atoms. The van der Waals surface area contributed by atoms with E-state index in [0.29, 0.717) is 0 Å². The molecule has 1 aromatic rings. The van der Waals surface area contributed by atoms with E-state index in [2.05, 4.69) is 36.9 Å². The van der Waals surface area contributed by atoms with Crippen molar-refractivity contribution in [2.45, 2.75) is 32.2 Å². The second-order valence-electron chi connectivity index (χ2n) is 5.26. The van der Waals surface area contributed by atoms with Gasteiger partial charge in [-0.1, -0.05) is 11.6 Å². The summed E-state index contributed by atoms with van der Waals surface area (Å²) in [4.78, 5) is 2.37. The average Bonchev–Trinajstić information content (AvgIpc) is 2.29. The van der Waals surface area contributed by atoms with Gasteiger partial charge in [-0.2, -0.15) is 5.26 Å². The lowest BCUT2D eigenvalue weighted by Gasteiger charge is -2.45. The molecule has 0 saturated carbocycles. The lowest BCUT2D eigenvalue weighted by atomic mass is 9.83. The predicted octanol–water partition coefficient (Wildman–Crippen LogP) is 3.86. The van der Waals surface area contributed by atoms with E-state index in [-0.39, 0.29) is 11.5 Å². The highest BCUT2D eigenvalue weighted by molar-refractivity contribution is 6.30. The first-order valence-corrected chi connectivity index (χ1v) is 6.33. The maximum atomic E-state index is 9.03. The van der Waals surface area contributed by atoms with Crippen molar-refractivity contribution >= 4 is 17.3 Å². The van der Waals surface area contributed by atoms with Crippen LogP contribution in [0.1, 0.15) is 26.7 Å². The molecule has 0 bridgehead atoms. The molecule has 1 unspecified atom stereocenters. The summed E-state index contributed by atoms with van der Waals surface area (Å²) in [5.41, 5.74) is 1.22. The second kappa shape index (κ2) is 4.58. The lowest BCUT2D eigenvalue weighted by Crippen LogP contribution is -2.50. The zero-order chi connectivity index (χ0) is 12.5. The molecule has 1 aliphatic heterocycles. The molecule has 2 nitrogen and oxygen atoms in total. The van der Waals surface area contributed by atoms with Gasteiger partial charge in [0.25, 0.3) is 0 Å². The number of benzene rings is 1. The van der Waals surface area contributed by atoms with Gasteiger partial charge in [0.05, 0.1) is 12.0 Å².